The van der Waals surface area contributed by atoms with E-state index in [4.69, 9.17) is 21.7 Å². The minimum absolute atomic E-state index is 0.492. The number of thiocarbonyl (C=S) groups is 1. The number of anilines is 1. The van der Waals surface area contributed by atoms with E-state index in [2.05, 4.69) is 20.8 Å². The van der Waals surface area contributed by atoms with Crippen LogP contribution in [-0.2, 0) is 6.54 Å². The van der Waals surface area contributed by atoms with Crippen molar-refractivity contribution in [3.8, 4) is 11.5 Å². The molecule has 0 atom stereocenters. The van der Waals surface area contributed by atoms with E-state index in [-0.39, 0.29) is 0 Å². The van der Waals surface area contributed by atoms with Crippen LogP contribution in [0.25, 0.3) is 0 Å². The molecule has 106 valence electrons. The SMILES string of the molecule is COc1ccc(OC)c(NC(=S)NCc2ccn[nH]2)c1. The van der Waals surface area contributed by atoms with Crippen molar-refractivity contribution in [2.45, 2.75) is 6.54 Å². The van der Waals surface area contributed by atoms with Gasteiger partial charge in [-0.25, -0.2) is 0 Å². The van der Waals surface area contributed by atoms with Gasteiger partial charge >= 0.3 is 0 Å². The summed E-state index contributed by atoms with van der Waals surface area (Å²) in [6, 6.07) is 7.34. The summed E-state index contributed by atoms with van der Waals surface area (Å²) in [7, 11) is 3.22. The van der Waals surface area contributed by atoms with E-state index in [1.165, 1.54) is 0 Å². The zero-order valence-electron chi connectivity index (χ0n) is 11.3. The van der Waals surface area contributed by atoms with Gasteiger partial charge in [-0.2, -0.15) is 5.10 Å². The Bertz CT molecular complexity index is 572. The molecule has 3 N–H and O–H groups in total. The van der Waals surface area contributed by atoms with Crippen LogP contribution in [0.4, 0.5) is 5.69 Å². The standard InChI is InChI=1S/C13H16N4O2S/c1-18-10-3-4-12(19-2)11(7-10)16-13(20)14-8-9-5-6-15-17-9/h3-7H,8H2,1-2H3,(H,15,17)(H2,14,16,20). The van der Waals surface area contributed by atoms with Crippen molar-refractivity contribution in [3.63, 3.8) is 0 Å². The van der Waals surface area contributed by atoms with Gasteiger partial charge in [0.1, 0.15) is 11.5 Å². The molecule has 0 fully saturated rings. The smallest absolute Gasteiger partial charge is 0.171 e. The number of aromatic nitrogens is 2. The predicted octanol–water partition coefficient (Wildman–Crippen LogP) is 1.91. The molecular weight excluding hydrogens is 276 g/mol. The van der Waals surface area contributed by atoms with Crippen molar-refractivity contribution in [3.05, 3.63) is 36.2 Å². The molecule has 0 aliphatic rings. The van der Waals surface area contributed by atoms with E-state index in [9.17, 15) is 0 Å². The largest absolute Gasteiger partial charge is 0.497 e. The first kappa shape index (κ1) is 14.1. The third-order valence-electron chi connectivity index (χ3n) is 2.65. The highest BCUT2D eigenvalue weighted by atomic mass is 32.1. The average Bonchev–Trinajstić information content (AvgIpc) is 2.98. The summed E-state index contributed by atoms with van der Waals surface area (Å²) in [6.45, 7) is 0.568. The van der Waals surface area contributed by atoms with Crippen molar-refractivity contribution in [2.24, 2.45) is 0 Å². The second-order valence-electron chi connectivity index (χ2n) is 3.96. The number of methoxy groups -OCH3 is 2. The summed E-state index contributed by atoms with van der Waals surface area (Å²) < 4.78 is 10.5. The summed E-state index contributed by atoms with van der Waals surface area (Å²) in [5.74, 6) is 1.42. The summed E-state index contributed by atoms with van der Waals surface area (Å²) in [6.07, 6.45) is 1.69. The summed E-state index contributed by atoms with van der Waals surface area (Å²) >= 11 is 5.24. The molecule has 2 rings (SSSR count). The summed E-state index contributed by atoms with van der Waals surface area (Å²) in [4.78, 5) is 0. The number of nitrogens with one attached hydrogen (secondary N) is 3. The Hall–Kier alpha value is -2.28. The highest BCUT2D eigenvalue weighted by molar-refractivity contribution is 7.80. The van der Waals surface area contributed by atoms with E-state index in [0.29, 0.717) is 17.4 Å². The normalized spacial score (nSPS) is 9.90. The number of benzene rings is 1. The van der Waals surface area contributed by atoms with Crippen molar-refractivity contribution < 1.29 is 9.47 Å². The van der Waals surface area contributed by atoms with E-state index in [1.807, 2.05) is 24.3 Å². The number of H-pyrrole nitrogens is 1. The lowest BCUT2D eigenvalue weighted by Crippen LogP contribution is -2.28. The predicted molar refractivity (Wildman–Crippen MR) is 81.2 cm³/mol. The van der Waals surface area contributed by atoms with Crippen LogP contribution in [0.2, 0.25) is 0 Å². The van der Waals surface area contributed by atoms with Gasteiger partial charge in [-0.1, -0.05) is 0 Å². The van der Waals surface area contributed by atoms with Crippen molar-refractivity contribution in [1.82, 2.24) is 15.5 Å². The molecule has 0 aliphatic carbocycles. The minimum atomic E-state index is 0.492. The number of ether oxygens (including phenoxy) is 2. The highest BCUT2D eigenvalue weighted by Gasteiger charge is 2.07. The van der Waals surface area contributed by atoms with Crippen LogP contribution < -0.4 is 20.1 Å². The van der Waals surface area contributed by atoms with Crippen molar-refractivity contribution >= 4 is 23.0 Å². The van der Waals surface area contributed by atoms with Crippen LogP contribution >= 0.6 is 12.2 Å². The molecule has 0 radical (unpaired) electrons. The fraction of sp³-hybridized carbons (Fsp3) is 0.231. The van der Waals surface area contributed by atoms with Gasteiger partial charge in [-0.15, -0.1) is 0 Å². The molecule has 0 aliphatic heterocycles. The maximum atomic E-state index is 5.27. The summed E-state index contributed by atoms with van der Waals surface area (Å²) in [5, 5.41) is 13.4. The van der Waals surface area contributed by atoms with Gasteiger partial charge in [0.2, 0.25) is 0 Å². The van der Waals surface area contributed by atoms with Crippen molar-refractivity contribution in [1.29, 1.82) is 0 Å². The van der Waals surface area contributed by atoms with Crippen LogP contribution in [0.3, 0.4) is 0 Å². The monoisotopic (exact) mass is 292 g/mol. The Morgan fingerprint density at radius 3 is 2.80 bits per heavy atom. The molecule has 0 saturated carbocycles. The first-order chi connectivity index (χ1) is 9.72. The first-order valence-corrected chi connectivity index (χ1v) is 6.39. The Morgan fingerprint density at radius 2 is 2.15 bits per heavy atom. The van der Waals surface area contributed by atoms with Gasteiger partial charge in [0.25, 0.3) is 0 Å². The number of nitrogens with zero attached hydrogens (tertiary/aromatic N) is 1. The maximum Gasteiger partial charge on any atom is 0.171 e. The Morgan fingerprint density at radius 1 is 1.30 bits per heavy atom. The van der Waals surface area contributed by atoms with Gasteiger partial charge in [-0.3, -0.25) is 5.10 Å². The second kappa shape index (κ2) is 6.76. The second-order valence-corrected chi connectivity index (χ2v) is 4.36. The lowest BCUT2D eigenvalue weighted by atomic mass is 10.2. The molecular formula is C13H16N4O2S. The highest BCUT2D eigenvalue weighted by Crippen LogP contribution is 2.28. The summed E-state index contributed by atoms with van der Waals surface area (Å²) in [5.41, 5.74) is 1.70. The van der Waals surface area contributed by atoms with E-state index < -0.39 is 0 Å². The average molecular weight is 292 g/mol. The molecule has 20 heavy (non-hydrogen) atoms. The van der Waals surface area contributed by atoms with Crippen LogP contribution in [0.1, 0.15) is 5.69 Å². The molecule has 0 bridgehead atoms. The van der Waals surface area contributed by atoms with Gasteiger partial charge < -0.3 is 20.1 Å². The van der Waals surface area contributed by atoms with Crippen LogP contribution in [-0.4, -0.2) is 29.5 Å². The molecule has 6 nitrogen and oxygen atoms in total. The van der Waals surface area contributed by atoms with Gasteiger partial charge in [0.15, 0.2) is 5.11 Å². The van der Waals surface area contributed by atoms with Crippen LogP contribution in [0.5, 0.6) is 11.5 Å². The number of hydrogen-bond donors (Lipinski definition) is 3. The number of aromatic amines is 1. The molecule has 0 amide bonds. The maximum absolute atomic E-state index is 5.27. The lowest BCUT2D eigenvalue weighted by Gasteiger charge is -2.14. The molecule has 0 spiro atoms. The van der Waals surface area contributed by atoms with E-state index >= 15 is 0 Å². The zero-order chi connectivity index (χ0) is 14.4. The molecule has 1 aromatic heterocycles. The number of rotatable bonds is 5. The quantitative estimate of drug-likeness (QED) is 0.731. The fourth-order valence-corrected chi connectivity index (χ4v) is 1.82. The Labute approximate surface area is 122 Å². The molecule has 1 aromatic carbocycles. The lowest BCUT2D eigenvalue weighted by molar-refractivity contribution is 0.405. The Balaban J connectivity index is 1.99. The molecule has 7 heteroatoms. The van der Waals surface area contributed by atoms with Crippen LogP contribution in [0, 0.1) is 0 Å². The first-order valence-electron chi connectivity index (χ1n) is 5.98. The van der Waals surface area contributed by atoms with E-state index in [1.54, 1.807) is 20.4 Å². The molecule has 2 aromatic rings. The fourth-order valence-electron chi connectivity index (χ4n) is 1.64. The molecule has 0 saturated heterocycles. The third-order valence-corrected chi connectivity index (χ3v) is 2.90. The zero-order valence-corrected chi connectivity index (χ0v) is 12.1. The van der Waals surface area contributed by atoms with Gasteiger partial charge in [0, 0.05) is 12.3 Å². The Kier molecular flexibility index (Phi) is 4.78. The van der Waals surface area contributed by atoms with Crippen molar-refractivity contribution in [2.75, 3.05) is 19.5 Å². The molecule has 0 unspecified atom stereocenters. The van der Waals surface area contributed by atoms with Gasteiger partial charge in [-0.05, 0) is 30.4 Å². The third kappa shape index (κ3) is 3.61. The van der Waals surface area contributed by atoms with Crippen LogP contribution in [0.15, 0.2) is 30.5 Å². The topological polar surface area (TPSA) is 71.2 Å². The number of hydrogen-bond acceptors (Lipinski definition) is 4. The van der Waals surface area contributed by atoms with Gasteiger partial charge in [0.05, 0.1) is 32.1 Å². The minimum Gasteiger partial charge on any atom is -0.497 e. The van der Waals surface area contributed by atoms with E-state index in [0.717, 1.165) is 17.1 Å². The molecule has 1 heterocycles.